The molecule has 1 N–H and O–H groups in total. The van der Waals surface area contributed by atoms with Crippen molar-refractivity contribution in [1.29, 1.82) is 0 Å². The predicted molar refractivity (Wildman–Crippen MR) is 72.6 cm³/mol. The van der Waals surface area contributed by atoms with Gasteiger partial charge in [0.25, 0.3) is 11.7 Å². The Hall–Kier alpha value is -2.60. The van der Waals surface area contributed by atoms with Gasteiger partial charge in [0.15, 0.2) is 0 Å². The maximum Gasteiger partial charge on any atom is 0.371 e. The predicted octanol–water partition coefficient (Wildman–Crippen LogP) is 2.36. The highest BCUT2D eigenvalue weighted by Crippen LogP contribution is 2.32. The number of rotatable bonds is 3. The first kappa shape index (κ1) is 13.4. The van der Waals surface area contributed by atoms with Crippen molar-refractivity contribution in [2.24, 2.45) is 0 Å². The van der Waals surface area contributed by atoms with E-state index >= 15 is 0 Å². The van der Waals surface area contributed by atoms with E-state index in [4.69, 9.17) is 21.1 Å². The van der Waals surface area contributed by atoms with Gasteiger partial charge in [-0.2, -0.15) is 0 Å². The van der Waals surface area contributed by atoms with Crippen LogP contribution in [-0.4, -0.2) is 22.8 Å². The van der Waals surface area contributed by atoms with Crippen LogP contribution in [0.15, 0.2) is 34.7 Å². The fourth-order valence-electron chi connectivity index (χ4n) is 2.16. The summed E-state index contributed by atoms with van der Waals surface area (Å²) in [5.41, 5.74) is 0.667. The number of aromatic carboxylic acids is 1. The molecule has 0 atom stereocenters. The number of hydrogen-bond acceptors (Lipinski definition) is 4. The Morgan fingerprint density at radius 1 is 1.24 bits per heavy atom. The molecule has 6 nitrogen and oxygen atoms in total. The van der Waals surface area contributed by atoms with Crippen molar-refractivity contribution >= 4 is 34.9 Å². The first-order valence-electron chi connectivity index (χ1n) is 5.95. The van der Waals surface area contributed by atoms with Crippen LogP contribution in [0.1, 0.15) is 26.7 Å². The van der Waals surface area contributed by atoms with E-state index in [0.29, 0.717) is 10.7 Å². The highest BCUT2D eigenvalue weighted by molar-refractivity contribution is 6.52. The molecule has 3 rings (SSSR count). The van der Waals surface area contributed by atoms with Crippen LogP contribution in [-0.2, 0) is 11.3 Å². The molecule has 21 heavy (non-hydrogen) atoms. The van der Waals surface area contributed by atoms with Crippen molar-refractivity contribution in [3.05, 3.63) is 52.4 Å². The topological polar surface area (TPSA) is 87.8 Å². The van der Waals surface area contributed by atoms with Crippen LogP contribution in [0.4, 0.5) is 5.69 Å². The molecule has 7 heteroatoms. The van der Waals surface area contributed by atoms with Crippen LogP contribution in [0, 0.1) is 0 Å². The lowest BCUT2D eigenvalue weighted by Gasteiger charge is -2.14. The first-order valence-corrected chi connectivity index (χ1v) is 6.33. The minimum absolute atomic E-state index is 0.0213. The number of carboxylic acid groups (broad SMARTS) is 1. The molecule has 1 aromatic carbocycles. The number of halogens is 1. The second-order valence-corrected chi connectivity index (χ2v) is 4.89. The molecule has 2 heterocycles. The van der Waals surface area contributed by atoms with E-state index in [9.17, 15) is 14.4 Å². The van der Waals surface area contributed by atoms with Crippen LogP contribution < -0.4 is 4.90 Å². The summed E-state index contributed by atoms with van der Waals surface area (Å²) < 4.78 is 5.10. The summed E-state index contributed by atoms with van der Waals surface area (Å²) in [6.07, 6.45) is 0. The Morgan fingerprint density at radius 2 is 2.00 bits per heavy atom. The third kappa shape index (κ3) is 2.19. The van der Waals surface area contributed by atoms with E-state index < -0.39 is 17.7 Å². The van der Waals surface area contributed by atoms with Crippen LogP contribution in [0.2, 0.25) is 5.02 Å². The Balaban J connectivity index is 1.94. The van der Waals surface area contributed by atoms with Gasteiger partial charge in [0.1, 0.15) is 5.76 Å². The van der Waals surface area contributed by atoms with E-state index in [1.165, 1.54) is 23.1 Å². The molecule has 2 aromatic rings. The van der Waals surface area contributed by atoms with Crippen LogP contribution in [0.3, 0.4) is 0 Å². The lowest BCUT2D eigenvalue weighted by molar-refractivity contribution is -0.114. The van der Waals surface area contributed by atoms with Crippen molar-refractivity contribution in [2.75, 3.05) is 4.90 Å². The van der Waals surface area contributed by atoms with Gasteiger partial charge < -0.3 is 9.52 Å². The highest BCUT2D eigenvalue weighted by atomic mass is 35.5. The summed E-state index contributed by atoms with van der Waals surface area (Å²) >= 11 is 5.82. The summed E-state index contributed by atoms with van der Waals surface area (Å²) in [5.74, 6) is -2.48. The van der Waals surface area contributed by atoms with Gasteiger partial charge in [0, 0.05) is 5.02 Å². The molecule has 0 aliphatic carbocycles. The normalized spacial score (nSPS) is 13.7. The average Bonchev–Trinajstić information content (AvgIpc) is 2.99. The van der Waals surface area contributed by atoms with E-state index in [1.807, 2.05) is 0 Å². The molecular weight excluding hydrogens is 298 g/mol. The lowest BCUT2D eigenvalue weighted by atomic mass is 10.1. The Labute approximate surface area is 123 Å². The molecule has 106 valence electrons. The molecule has 0 bridgehead atoms. The van der Waals surface area contributed by atoms with E-state index in [-0.39, 0.29) is 23.6 Å². The quantitative estimate of drug-likeness (QED) is 0.879. The second-order valence-electron chi connectivity index (χ2n) is 4.45. The number of Topliss-reactive ketones (excluding diaryl/α,β-unsaturated/α-hetero) is 1. The number of furan rings is 1. The number of nitrogens with zero attached hydrogens (tertiary/aromatic N) is 1. The number of fused-ring (bicyclic) bond motifs is 1. The van der Waals surface area contributed by atoms with Gasteiger partial charge in [-0.1, -0.05) is 11.6 Å². The first-order chi connectivity index (χ1) is 9.97. The van der Waals surface area contributed by atoms with Gasteiger partial charge in [-0.15, -0.1) is 0 Å². The zero-order valence-electron chi connectivity index (χ0n) is 10.5. The monoisotopic (exact) mass is 305 g/mol. The lowest BCUT2D eigenvalue weighted by Crippen LogP contribution is -2.28. The standard InChI is InChI=1S/C14H8ClNO5/c15-7-1-3-10-9(5-7)12(17)13(18)16(10)6-8-2-4-11(21-8)14(19)20/h1-5H,6H2,(H,19,20). The minimum atomic E-state index is -1.20. The number of carbonyl (C=O) groups is 3. The smallest absolute Gasteiger partial charge is 0.371 e. The SMILES string of the molecule is O=C(O)c1ccc(CN2C(=O)C(=O)c3cc(Cl)ccc32)o1. The number of hydrogen-bond donors (Lipinski definition) is 1. The minimum Gasteiger partial charge on any atom is -0.475 e. The van der Waals surface area contributed by atoms with Gasteiger partial charge in [-0.05, 0) is 30.3 Å². The van der Waals surface area contributed by atoms with Gasteiger partial charge in [0.2, 0.25) is 5.76 Å². The Morgan fingerprint density at radius 3 is 2.67 bits per heavy atom. The number of carboxylic acids is 1. The number of ketones is 1. The summed E-state index contributed by atoms with van der Waals surface area (Å²) in [4.78, 5) is 35.9. The third-order valence-corrected chi connectivity index (χ3v) is 3.35. The number of benzene rings is 1. The Kier molecular flexibility index (Phi) is 3.03. The molecule has 0 radical (unpaired) electrons. The zero-order chi connectivity index (χ0) is 15.1. The average molecular weight is 306 g/mol. The van der Waals surface area contributed by atoms with Gasteiger partial charge in [-0.25, -0.2) is 4.79 Å². The number of amides is 1. The maximum absolute atomic E-state index is 12.0. The maximum atomic E-state index is 12.0. The van der Waals surface area contributed by atoms with Gasteiger partial charge in [-0.3, -0.25) is 14.5 Å². The van der Waals surface area contributed by atoms with E-state index in [2.05, 4.69) is 0 Å². The fraction of sp³-hybridized carbons (Fsp3) is 0.0714. The molecule has 1 aliphatic rings. The number of carbonyl (C=O) groups excluding carboxylic acids is 2. The number of anilines is 1. The summed E-state index contributed by atoms with van der Waals surface area (Å²) in [6, 6.07) is 7.32. The van der Waals surface area contributed by atoms with Crippen LogP contribution >= 0.6 is 11.6 Å². The molecular formula is C14H8ClNO5. The molecule has 1 aliphatic heterocycles. The summed E-state index contributed by atoms with van der Waals surface area (Å²) in [6.45, 7) is -0.0213. The van der Waals surface area contributed by atoms with E-state index in [1.54, 1.807) is 12.1 Å². The Bertz CT molecular complexity index is 779. The molecule has 1 aromatic heterocycles. The fourth-order valence-corrected chi connectivity index (χ4v) is 2.34. The molecule has 1 amide bonds. The summed E-state index contributed by atoms with van der Waals surface area (Å²) in [7, 11) is 0. The second kappa shape index (κ2) is 4.75. The molecule has 0 spiro atoms. The van der Waals surface area contributed by atoms with Crippen molar-refractivity contribution < 1.29 is 23.9 Å². The van der Waals surface area contributed by atoms with Crippen molar-refractivity contribution in [3.8, 4) is 0 Å². The highest BCUT2D eigenvalue weighted by Gasteiger charge is 2.36. The molecule has 0 fully saturated rings. The van der Waals surface area contributed by atoms with Crippen LogP contribution in [0.5, 0.6) is 0 Å². The molecule has 0 saturated carbocycles. The van der Waals surface area contributed by atoms with E-state index in [0.717, 1.165) is 0 Å². The largest absolute Gasteiger partial charge is 0.475 e. The summed E-state index contributed by atoms with van der Waals surface area (Å²) in [5, 5.41) is 9.16. The van der Waals surface area contributed by atoms with Crippen molar-refractivity contribution in [2.45, 2.75) is 6.54 Å². The molecule has 0 saturated heterocycles. The van der Waals surface area contributed by atoms with Crippen LogP contribution in [0.25, 0.3) is 0 Å². The third-order valence-electron chi connectivity index (χ3n) is 3.12. The van der Waals surface area contributed by atoms with Gasteiger partial charge >= 0.3 is 5.97 Å². The zero-order valence-corrected chi connectivity index (χ0v) is 11.3. The van der Waals surface area contributed by atoms with Crippen molar-refractivity contribution in [1.82, 2.24) is 0 Å². The van der Waals surface area contributed by atoms with Gasteiger partial charge in [0.05, 0.1) is 17.8 Å². The molecule has 0 unspecified atom stereocenters. The van der Waals surface area contributed by atoms with Crippen molar-refractivity contribution in [3.63, 3.8) is 0 Å².